The molecule has 1 fully saturated rings. The van der Waals surface area contributed by atoms with E-state index >= 15 is 0 Å². The van der Waals surface area contributed by atoms with E-state index in [0.29, 0.717) is 5.92 Å². The highest BCUT2D eigenvalue weighted by molar-refractivity contribution is 5.48. The molecule has 3 heteroatoms. The number of nitrogens with zero attached hydrogens (tertiary/aromatic N) is 1. The van der Waals surface area contributed by atoms with Crippen molar-refractivity contribution in [3.05, 3.63) is 29.8 Å². The maximum Gasteiger partial charge on any atom is 0.0587 e. The van der Waals surface area contributed by atoms with Crippen LogP contribution in [-0.4, -0.2) is 30.8 Å². The van der Waals surface area contributed by atoms with Crippen molar-refractivity contribution in [1.82, 2.24) is 5.32 Å². The van der Waals surface area contributed by atoms with E-state index in [1.54, 1.807) is 0 Å². The van der Waals surface area contributed by atoms with Crippen molar-refractivity contribution < 1.29 is 5.11 Å². The lowest BCUT2D eigenvalue weighted by molar-refractivity contribution is 0.210. The maximum atomic E-state index is 9.29. The van der Waals surface area contributed by atoms with Crippen molar-refractivity contribution in [1.29, 1.82) is 0 Å². The van der Waals surface area contributed by atoms with Gasteiger partial charge in [0, 0.05) is 31.4 Å². The van der Waals surface area contributed by atoms with E-state index < -0.39 is 0 Å². The SMILES string of the molecule is CC(C)[C@@H](CO)NCc1ccc(N2CCCC2)cc1. The van der Waals surface area contributed by atoms with Crippen molar-refractivity contribution in [3.8, 4) is 0 Å². The number of hydrogen-bond acceptors (Lipinski definition) is 3. The van der Waals surface area contributed by atoms with E-state index in [0.717, 1.165) is 6.54 Å². The molecule has 1 aliphatic heterocycles. The Morgan fingerprint density at radius 2 is 1.79 bits per heavy atom. The molecule has 1 aromatic rings. The van der Waals surface area contributed by atoms with Crippen LogP contribution in [0, 0.1) is 5.92 Å². The summed E-state index contributed by atoms with van der Waals surface area (Å²) < 4.78 is 0. The summed E-state index contributed by atoms with van der Waals surface area (Å²) in [7, 11) is 0. The minimum absolute atomic E-state index is 0.179. The van der Waals surface area contributed by atoms with Crippen molar-refractivity contribution in [2.45, 2.75) is 39.3 Å². The fourth-order valence-electron chi connectivity index (χ4n) is 2.56. The predicted octanol–water partition coefficient (Wildman–Crippen LogP) is 2.39. The Bertz CT molecular complexity index is 369. The first-order valence-corrected chi connectivity index (χ1v) is 7.39. The number of rotatable bonds is 6. The molecule has 0 spiro atoms. The molecule has 1 saturated heterocycles. The van der Waals surface area contributed by atoms with Gasteiger partial charge in [-0.3, -0.25) is 0 Å². The summed E-state index contributed by atoms with van der Waals surface area (Å²) in [6, 6.07) is 8.99. The van der Waals surface area contributed by atoms with Gasteiger partial charge < -0.3 is 15.3 Å². The summed E-state index contributed by atoms with van der Waals surface area (Å²) in [4.78, 5) is 2.45. The maximum absolute atomic E-state index is 9.29. The van der Waals surface area contributed by atoms with Crippen molar-refractivity contribution >= 4 is 5.69 Å². The fourth-order valence-corrected chi connectivity index (χ4v) is 2.56. The number of nitrogens with one attached hydrogen (secondary N) is 1. The van der Waals surface area contributed by atoms with Crippen molar-refractivity contribution in [2.24, 2.45) is 5.92 Å². The van der Waals surface area contributed by atoms with Crippen LogP contribution in [0.4, 0.5) is 5.69 Å². The molecule has 1 heterocycles. The van der Waals surface area contributed by atoms with Crippen LogP contribution in [-0.2, 0) is 6.54 Å². The summed E-state index contributed by atoms with van der Waals surface area (Å²) >= 11 is 0. The Labute approximate surface area is 116 Å². The second kappa shape index (κ2) is 6.92. The Morgan fingerprint density at radius 3 is 2.32 bits per heavy atom. The Morgan fingerprint density at radius 1 is 1.16 bits per heavy atom. The number of aliphatic hydroxyl groups excluding tert-OH is 1. The first-order chi connectivity index (χ1) is 9.20. The van der Waals surface area contributed by atoms with E-state index in [2.05, 4.69) is 48.3 Å². The largest absolute Gasteiger partial charge is 0.395 e. The second-order valence-corrected chi connectivity index (χ2v) is 5.77. The molecule has 1 aromatic carbocycles. The summed E-state index contributed by atoms with van der Waals surface area (Å²) in [5, 5.41) is 12.7. The lowest BCUT2D eigenvalue weighted by Gasteiger charge is -2.21. The second-order valence-electron chi connectivity index (χ2n) is 5.77. The van der Waals surface area contributed by atoms with Gasteiger partial charge in [0.1, 0.15) is 0 Å². The molecule has 19 heavy (non-hydrogen) atoms. The van der Waals surface area contributed by atoms with Crippen LogP contribution in [0.1, 0.15) is 32.3 Å². The van der Waals surface area contributed by atoms with Crippen LogP contribution in [0.5, 0.6) is 0 Å². The van der Waals surface area contributed by atoms with Gasteiger partial charge in [-0.05, 0) is 36.5 Å². The zero-order valence-corrected chi connectivity index (χ0v) is 12.1. The summed E-state index contributed by atoms with van der Waals surface area (Å²) in [5.74, 6) is 0.453. The normalized spacial score (nSPS) is 17.2. The van der Waals surface area contributed by atoms with Gasteiger partial charge in [-0.1, -0.05) is 26.0 Å². The van der Waals surface area contributed by atoms with Gasteiger partial charge in [-0.15, -0.1) is 0 Å². The van der Waals surface area contributed by atoms with Crippen LogP contribution < -0.4 is 10.2 Å². The molecule has 0 aromatic heterocycles. The van der Waals surface area contributed by atoms with Crippen LogP contribution in [0.15, 0.2) is 24.3 Å². The molecule has 0 unspecified atom stereocenters. The molecule has 0 aliphatic carbocycles. The summed E-state index contributed by atoms with van der Waals surface area (Å²) in [6.07, 6.45) is 2.63. The first-order valence-electron chi connectivity index (χ1n) is 7.39. The molecular weight excluding hydrogens is 236 g/mol. The van der Waals surface area contributed by atoms with Crippen LogP contribution in [0.2, 0.25) is 0 Å². The fraction of sp³-hybridized carbons (Fsp3) is 0.625. The highest BCUT2D eigenvalue weighted by Crippen LogP contribution is 2.20. The highest BCUT2D eigenvalue weighted by atomic mass is 16.3. The van der Waals surface area contributed by atoms with E-state index in [9.17, 15) is 5.11 Å². The standard InChI is InChI=1S/C16H26N2O/c1-13(2)16(12-19)17-11-14-5-7-15(8-6-14)18-9-3-4-10-18/h5-8,13,16-17,19H,3-4,9-12H2,1-2H3/t16-/m1/s1. The minimum atomic E-state index is 0.179. The summed E-state index contributed by atoms with van der Waals surface area (Å²) in [6.45, 7) is 7.66. The lowest BCUT2D eigenvalue weighted by atomic mass is 10.1. The third kappa shape index (κ3) is 3.95. The molecule has 0 radical (unpaired) electrons. The quantitative estimate of drug-likeness (QED) is 0.826. The lowest BCUT2D eigenvalue weighted by Crippen LogP contribution is -2.36. The molecule has 0 bridgehead atoms. The van der Waals surface area contributed by atoms with Gasteiger partial charge in [0.25, 0.3) is 0 Å². The summed E-state index contributed by atoms with van der Waals surface area (Å²) in [5.41, 5.74) is 2.62. The Hall–Kier alpha value is -1.06. The smallest absolute Gasteiger partial charge is 0.0587 e. The predicted molar refractivity (Wildman–Crippen MR) is 80.4 cm³/mol. The monoisotopic (exact) mass is 262 g/mol. The first kappa shape index (κ1) is 14.4. The Balaban J connectivity index is 1.87. The molecule has 0 amide bonds. The molecule has 3 nitrogen and oxygen atoms in total. The van der Waals surface area contributed by atoms with Gasteiger partial charge in [0.05, 0.1) is 6.61 Å². The minimum Gasteiger partial charge on any atom is -0.395 e. The topological polar surface area (TPSA) is 35.5 Å². The Kier molecular flexibility index (Phi) is 5.23. The number of aliphatic hydroxyl groups is 1. The molecular formula is C16H26N2O. The number of benzene rings is 1. The average molecular weight is 262 g/mol. The molecule has 106 valence electrons. The zero-order valence-electron chi connectivity index (χ0n) is 12.1. The van der Waals surface area contributed by atoms with E-state index in [4.69, 9.17) is 0 Å². The highest BCUT2D eigenvalue weighted by Gasteiger charge is 2.13. The zero-order chi connectivity index (χ0) is 13.7. The third-order valence-corrected chi connectivity index (χ3v) is 3.98. The number of anilines is 1. The van der Waals surface area contributed by atoms with Gasteiger partial charge in [-0.25, -0.2) is 0 Å². The van der Waals surface area contributed by atoms with Crippen LogP contribution in [0.3, 0.4) is 0 Å². The van der Waals surface area contributed by atoms with Gasteiger partial charge in [0.15, 0.2) is 0 Å². The molecule has 0 saturated carbocycles. The van der Waals surface area contributed by atoms with Crippen molar-refractivity contribution in [2.75, 3.05) is 24.6 Å². The molecule has 2 rings (SSSR count). The van der Waals surface area contributed by atoms with E-state index in [1.807, 2.05) is 0 Å². The van der Waals surface area contributed by atoms with Gasteiger partial charge >= 0.3 is 0 Å². The average Bonchev–Trinajstić information content (AvgIpc) is 2.94. The molecule has 1 atom stereocenters. The van der Waals surface area contributed by atoms with E-state index in [1.165, 1.54) is 37.2 Å². The molecule has 2 N–H and O–H groups in total. The van der Waals surface area contributed by atoms with Crippen LogP contribution in [0.25, 0.3) is 0 Å². The van der Waals surface area contributed by atoms with E-state index in [-0.39, 0.29) is 12.6 Å². The van der Waals surface area contributed by atoms with Crippen LogP contribution >= 0.6 is 0 Å². The molecule has 1 aliphatic rings. The third-order valence-electron chi connectivity index (χ3n) is 3.98. The number of hydrogen-bond donors (Lipinski definition) is 2. The van der Waals surface area contributed by atoms with Gasteiger partial charge in [0.2, 0.25) is 0 Å². The van der Waals surface area contributed by atoms with Gasteiger partial charge in [-0.2, -0.15) is 0 Å². The van der Waals surface area contributed by atoms with Crippen molar-refractivity contribution in [3.63, 3.8) is 0 Å².